The van der Waals surface area contributed by atoms with Crippen LogP contribution < -0.4 is 11.2 Å². The van der Waals surface area contributed by atoms with Gasteiger partial charge in [0.1, 0.15) is 0 Å². The number of hydrazine groups is 1. The van der Waals surface area contributed by atoms with Crippen molar-refractivity contribution in [3.63, 3.8) is 0 Å². The van der Waals surface area contributed by atoms with Crippen LogP contribution in [0.3, 0.4) is 0 Å². The molecular formula is C14H11N3O2. The second kappa shape index (κ2) is 4.13. The summed E-state index contributed by atoms with van der Waals surface area (Å²) in [6.07, 6.45) is 0. The van der Waals surface area contributed by atoms with Gasteiger partial charge >= 0.3 is 0 Å². The molecule has 1 aliphatic heterocycles. The first kappa shape index (κ1) is 11.3. The molecule has 3 N–H and O–H groups in total. The number of carbonyl (C=O) groups is 2. The van der Waals surface area contributed by atoms with Crippen molar-refractivity contribution in [2.24, 2.45) is 0 Å². The quantitative estimate of drug-likeness (QED) is 0.633. The lowest BCUT2D eigenvalue weighted by molar-refractivity contribution is 0.0691. The second-order valence-corrected chi connectivity index (χ2v) is 4.23. The van der Waals surface area contributed by atoms with Gasteiger partial charge in [-0.3, -0.25) is 15.0 Å². The van der Waals surface area contributed by atoms with Crippen LogP contribution in [0.25, 0.3) is 0 Å². The summed E-state index contributed by atoms with van der Waals surface area (Å²) in [6.45, 7) is 0. The predicted molar refractivity (Wildman–Crippen MR) is 71.4 cm³/mol. The lowest BCUT2D eigenvalue weighted by Gasteiger charge is -2.16. The van der Waals surface area contributed by atoms with Crippen LogP contribution in [0, 0.1) is 0 Å². The van der Waals surface area contributed by atoms with Gasteiger partial charge in [-0.25, -0.2) is 0 Å². The van der Waals surface area contributed by atoms with Gasteiger partial charge in [-0.1, -0.05) is 12.1 Å². The summed E-state index contributed by atoms with van der Waals surface area (Å²) in [5.41, 5.74) is 10.4. The molecule has 0 unspecified atom stereocenters. The van der Waals surface area contributed by atoms with Gasteiger partial charge in [0.05, 0.1) is 16.8 Å². The molecule has 0 bridgehead atoms. The van der Waals surface area contributed by atoms with E-state index in [2.05, 4.69) is 5.43 Å². The Morgan fingerprint density at radius 1 is 0.842 bits per heavy atom. The summed E-state index contributed by atoms with van der Waals surface area (Å²) in [7, 11) is 0. The summed E-state index contributed by atoms with van der Waals surface area (Å²) in [5, 5.41) is 1.01. The Bertz CT molecular complexity index is 630. The number of nitrogens with two attached hydrogens (primary N) is 1. The molecule has 1 aliphatic rings. The lowest BCUT2D eigenvalue weighted by atomic mass is 10.1. The minimum Gasteiger partial charge on any atom is -0.399 e. The van der Waals surface area contributed by atoms with Crippen molar-refractivity contribution in [2.45, 2.75) is 0 Å². The molecule has 5 heteroatoms. The molecule has 0 fully saturated rings. The highest BCUT2D eigenvalue weighted by atomic mass is 16.2. The van der Waals surface area contributed by atoms with Gasteiger partial charge in [0.25, 0.3) is 11.8 Å². The monoisotopic (exact) mass is 253 g/mol. The van der Waals surface area contributed by atoms with E-state index >= 15 is 0 Å². The smallest absolute Gasteiger partial charge is 0.280 e. The Morgan fingerprint density at radius 3 is 1.89 bits per heavy atom. The normalized spacial score (nSPS) is 13.6. The number of nitrogen functional groups attached to an aromatic ring is 1. The van der Waals surface area contributed by atoms with Crippen LogP contribution in [0.4, 0.5) is 11.4 Å². The average molecular weight is 253 g/mol. The van der Waals surface area contributed by atoms with Crippen LogP contribution in [-0.4, -0.2) is 16.8 Å². The zero-order valence-electron chi connectivity index (χ0n) is 9.96. The molecule has 1 heterocycles. The van der Waals surface area contributed by atoms with E-state index in [0.29, 0.717) is 22.5 Å². The first-order valence-corrected chi connectivity index (χ1v) is 5.77. The maximum Gasteiger partial charge on any atom is 0.280 e. The first-order valence-electron chi connectivity index (χ1n) is 5.77. The summed E-state index contributed by atoms with van der Waals surface area (Å²) in [6, 6.07) is 13.5. The number of hydrogen-bond acceptors (Lipinski definition) is 4. The Balaban J connectivity index is 1.90. The van der Waals surface area contributed by atoms with E-state index in [-0.39, 0.29) is 11.8 Å². The van der Waals surface area contributed by atoms with Gasteiger partial charge in [0.15, 0.2) is 0 Å². The van der Waals surface area contributed by atoms with Crippen LogP contribution in [0.5, 0.6) is 0 Å². The van der Waals surface area contributed by atoms with Gasteiger partial charge in [-0.15, -0.1) is 0 Å². The molecule has 0 atom stereocenters. The lowest BCUT2D eigenvalue weighted by Crippen LogP contribution is -2.35. The summed E-state index contributed by atoms with van der Waals surface area (Å²) >= 11 is 0. The van der Waals surface area contributed by atoms with Gasteiger partial charge in [-0.2, -0.15) is 5.01 Å². The number of amides is 2. The minimum absolute atomic E-state index is 0.350. The SMILES string of the molecule is Nc1ccc(NN2C(=O)c3ccccc3C2=O)cc1. The highest BCUT2D eigenvalue weighted by Gasteiger charge is 2.35. The highest BCUT2D eigenvalue weighted by molar-refractivity contribution is 6.21. The molecule has 19 heavy (non-hydrogen) atoms. The van der Waals surface area contributed by atoms with Crippen LogP contribution in [-0.2, 0) is 0 Å². The van der Waals surface area contributed by atoms with E-state index in [0.717, 1.165) is 5.01 Å². The van der Waals surface area contributed by atoms with E-state index in [1.807, 2.05) is 0 Å². The topological polar surface area (TPSA) is 75.4 Å². The number of rotatable bonds is 2. The Hall–Kier alpha value is -2.82. The first-order chi connectivity index (χ1) is 9.16. The molecule has 0 aliphatic carbocycles. The Morgan fingerprint density at radius 2 is 1.37 bits per heavy atom. The number of anilines is 2. The van der Waals surface area contributed by atoms with Crippen molar-refractivity contribution in [2.75, 3.05) is 11.2 Å². The maximum absolute atomic E-state index is 12.1. The minimum atomic E-state index is -0.350. The average Bonchev–Trinajstić information content (AvgIpc) is 2.67. The predicted octanol–water partition coefficient (Wildman–Crippen LogP) is 1.89. The van der Waals surface area contributed by atoms with Crippen LogP contribution in [0.2, 0.25) is 0 Å². The van der Waals surface area contributed by atoms with Crippen LogP contribution in [0.15, 0.2) is 48.5 Å². The molecule has 0 spiro atoms. The number of imide groups is 1. The summed E-state index contributed by atoms with van der Waals surface area (Å²) in [5.74, 6) is -0.699. The fourth-order valence-electron chi connectivity index (χ4n) is 1.98. The van der Waals surface area contributed by atoms with Crippen molar-refractivity contribution >= 4 is 23.2 Å². The molecule has 3 rings (SSSR count). The van der Waals surface area contributed by atoms with Crippen molar-refractivity contribution in [3.05, 3.63) is 59.7 Å². The second-order valence-electron chi connectivity index (χ2n) is 4.23. The molecule has 0 saturated heterocycles. The van der Waals surface area contributed by atoms with Crippen molar-refractivity contribution in [1.29, 1.82) is 0 Å². The van der Waals surface area contributed by atoms with E-state index in [9.17, 15) is 9.59 Å². The fraction of sp³-hybridized carbons (Fsp3) is 0. The molecule has 2 amide bonds. The zero-order chi connectivity index (χ0) is 13.4. The molecule has 0 saturated carbocycles. The molecule has 5 nitrogen and oxygen atoms in total. The molecule has 0 radical (unpaired) electrons. The van der Waals surface area contributed by atoms with Gasteiger partial charge in [0.2, 0.25) is 0 Å². The van der Waals surface area contributed by atoms with Gasteiger partial charge in [0, 0.05) is 5.69 Å². The van der Waals surface area contributed by atoms with Crippen molar-refractivity contribution < 1.29 is 9.59 Å². The number of benzene rings is 2. The third-order valence-electron chi connectivity index (χ3n) is 2.95. The Labute approximate surface area is 109 Å². The van der Waals surface area contributed by atoms with Crippen molar-refractivity contribution in [1.82, 2.24) is 5.01 Å². The standard InChI is InChI=1S/C14H11N3O2/c15-9-5-7-10(8-6-9)16-17-13(18)11-3-1-2-4-12(11)14(17)19/h1-8,16H,15H2. The number of nitrogens with zero attached hydrogens (tertiary/aromatic N) is 1. The maximum atomic E-state index is 12.1. The Kier molecular flexibility index (Phi) is 2.45. The van der Waals surface area contributed by atoms with E-state index < -0.39 is 0 Å². The third kappa shape index (κ3) is 1.81. The van der Waals surface area contributed by atoms with E-state index in [4.69, 9.17) is 5.73 Å². The number of nitrogens with one attached hydrogen (secondary N) is 1. The number of fused-ring (bicyclic) bond motifs is 1. The van der Waals surface area contributed by atoms with E-state index in [1.54, 1.807) is 48.5 Å². The highest BCUT2D eigenvalue weighted by Crippen LogP contribution is 2.23. The van der Waals surface area contributed by atoms with Gasteiger partial charge in [-0.05, 0) is 36.4 Å². The molecule has 0 aromatic heterocycles. The van der Waals surface area contributed by atoms with Crippen LogP contribution >= 0.6 is 0 Å². The molecule has 94 valence electrons. The molecular weight excluding hydrogens is 242 g/mol. The fourth-order valence-corrected chi connectivity index (χ4v) is 1.98. The molecule has 2 aromatic rings. The van der Waals surface area contributed by atoms with Crippen LogP contribution in [0.1, 0.15) is 20.7 Å². The number of carbonyl (C=O) groups excluding carboxylic acids is 2. The van der Waals surface area contributed by atoms with E-state index in [1.165, 1.54) is 0 Å². The number of hydrogen-bond donors (Lipinski definition) is 2. The summed E-state index contributed by atoms with van der Waals surface area (Å²) in [4.78, 5) is 24.2. The zero-order valence-corrected chi connectivity index (χ0v) is 9.96. The van der Waals surface area contributed by atoms with Gasteiger partial charge < -0.3 is 5.73 Å². The van der Waals surface area contributed by atoms with Crippen molar-refractivity contribution in [3.8, 4) is 0 Å². The summed E-state index contributed by atoms with van der Waals surface area (Å²) < 4.78 is 0. The largest absolute Gasteiger partial charge is 0.399 e. The molecule has 2 aromatic carbocycles. The third-order valence-corrected chi connectivity index (χ3v) is 2.95.